The second-order valence-corrected chi connectivity index (χ2v) is 3.85. The van der Waals surface area contributed by atoms with Gasteiger partial charge >= 0.3 is 0 Å². The fourth-order valence-corrected chi connectivity index (χ4v) is 2.34. The van der Waals surface area contributed by atoms with Gasteiger partial charge in [0.1, 0.15) is 0 Å². The zero-order valence-corrected chi connectivity index (χ0v) is 7.97. The molecular formula is C12H20. The normalized spacial score (nSPS) is 18.4. The molecule has 0 heterocycles. The molecule has 0 amide bonds. The summed E-state index contributed by atoms with van der Waals surface area (Å²) in [5, 5.41) is 0. The molecule has 1 aliphatic carbocycles. The lowest BCUT2D eigenvalue weighted by Gasteiger charge is -2.20. The molecule has 0 nitrogen and oxygen atoms in total. The first-order valence-corrected chi connectivity index (χ1v) is 5.10. The van der Waals surface area contributed by atoms with Gasteiger partial charge in [-0.15, -0.1) is 13.2 Å². The standard InChI is InChI=1S/C12H20/c1-3-7-11(8-4-2)12-9-5-6-10-12/h3-4,11-12H,1-2,5-10H2. The second-order valence-electron chi connectivity index (χ2n) is 3.85. The van der Waals surface area contributed by atoms with E-state index in [4.69, 9.17) is 0 Å². The zero-order valence-electron chi connectivity index (χ0n) is 7.97. The van der Waals surface area contributed by atoms with E-state index in [1.54, 1.807) is 0 Å². The van der Waals surface area contributed by atoms with Crippen LogP contribution >= 0.6 is 0 Å². The van der Waals surface area contributed by atoms with Gasteiger partial charge in [-0.2, -0.15) is 0 Å². The molecular weight excluding hydrogens is 144 g/mol. The smallest absolute Gasteiger partial charge is 0.0317 e. The van der Waals surface area contributed by atoms with Crippen molar-refractivity contribution in [1.82, 2.24) is 0 Å². The van der Waals surface area contributed by atoms with Crippen molar-refractivity contribution in [1.29, 1.82) is 0 Å². The molecule has 0 heteroatoms. The van der Waals surface area contributed by atoms with E-state index in [1.165, 1.54) is 38.5 Å². The van der Waals surface area contributed by atoms with Crippen LogP contribution in [0.1, 0.15) is 38.5 Å². The molecule has 0 aromatic heterocycles. The molecule has 0 spiro atoms. The van der Waals surface area contributed by atoms with Gasteiger partial charge in [0.25, 0.3) is 0 Å². The molecule has 1 rings (SSSR count). The van der Waals surface area contributed by atoms with E-state index in [0.717, 1.165) is 11.8 Å². The maximum Gasteiger partial charge on any atom is -0.0317 e. The van der Waals surface area contributed by atoms with E-state index in [9.17, 15) is 0 Å². The van der Waals surface area contributed by atoms with Crippen LogP contribution in [0.5, 0.6) is 0 Å². The summed E-state index contributed by atoms with van der Waals surface area (Å²) in [6, 6.07) is 0. The first-order valence-electron chi connectivity index (χ1n) is 5.10. The summed E-state index contributed by atoms with van der Waals surface area (Å²) in [5.74, 6) is 1.79. The molecule has 0 unspecified atom stereocenters. The van der Waals surface area contributed by atoms with Gasteiger partial charge in [0.2, 0.25) is 0 Å². The zero-order chi connectivity index (χ0) is 8.81. The van der Waals surface area contributed by atoms with Crippen LogP contribution in [0.15, 0.2) is 25.3 Å². The summed E-state index contributed by atoms with van der Waals surface area (Å²) in [6.45, 7) is 7.64. The molecule has 0 saturated heterocycles. The minimum atomic E-state index is 0.836. The summed E-state index contributed by atoms with van der Waals surface area (Å²) in [4.78, 5) is 0. The highest BCUT2D eigenvalue weighted by molar-refractivity contribution is 4.85. The van der Waals surface area contributed by atoms with Crippen molar-refractivity contribution >= 4 is 0 Å². The predicted octanol–water partition coefficient (Wildman–Crippen LogP) is 3.95. The average molecular weight is 164 g/mol. The van der Waals surface area contributed by atoms with Crippen LogP contribution in [0, 0.1) is 11.8 Å². The Morgan fingerprint density at radius 2 is 1.58 bits per heavy atom. The van der Waals surface area contributed by atoms with Crippen LogP contribution in [0.2, 0.25) is 0 Å². The molecule has 0 aliphatic heterocycles. The third-order valence-electron chi connectivity index (χ3n) is 3.01. The molecule has 0 N–H and O–H groups in total. The van der Waals surface area contributed by atoms with Gasteiger partial charge in [-0.05, 0) is 24.7 Å². The van der Waals surface area contributed by atoms with Crippen LogP contribution in [0.4, 0.5) is 0 Å². The Morgan fingerprint density at radius 1 is 1.08 bits per heavy atom. The third kappa shape index (κ3) is 2.51. The van der Waals surface area contributed by atoms with E-state index in [-0.39, 0.29) is 0 Å². The average Bonchev–Trinajstić information content (AvgIpc) is 2.56. The van der Waals surface area contributed by atoms with Gasteiger partial charge in [0.05, 0.1) is 0 Å². The summed E-state index contributed by atoms with van der Waals surface area (Å²) >= 11 is 0. The Hall–Kier alpha value is -0.520. The molecule has 1 saturated carbocycles. The SMILES string of the molecule is C=CCC(CC=C)C1CCCC1. The van der Waals surface area contributed by atoms with E-state index in [2.05, 4.69) is 25.3 Å². The van der Waals surface area contributed by atoms with Crippen LogP contribution in [0.25, 0.3) is 0 Å². The Labute approximate surface area is 76.4 Å². The minimum absolute atomic E-state index is 0.836. The van der Waals surface area contributed by atoms with Crippen LogP contribution in [0.3, 0.4) is 0 Å². The monoisotopic (exact) mass is 164 g/mol. The Balaban J connectivity index is 2.38. The van der Waals surface area contributed by atoms with Crippen molar-refractivity contribution in [3.8, 4) is 0 Å². The van der Waals surface area contributed by atoms with Gasteiger partial charge in [-0.3, -0.25) is 0 Å². The summed E-state index contributed by atoms with van der Waals surface area (Å²) in [5.41, 5.74) is 0. The minimum Gasteiger partial charge on any atom is -0.103 e. The fourth-order valence-electron chi connectivity index (χ4n) is 2.34. The molecule has 12 heavy (non-hydrogen) atoms. The molecule has 0 atom stereocenters. The highest BCUT2D eigenvalue weighted by atomic mass is 14.3. The van der Waals surface area contributed by atoms with Crippen LogP contribution in [-0.2, 0) is 0 Å². The lowest BCUT2D eigenvalue weighted by Crippen LogP contribution is -2.09. The lowest BCUT2D eigenvalue weighted by molar-refractivity contribution is 0.344. The van der Waals surface area contributed by atoms with E-state index >= 15 is 0 Å². The maximum atomic E-state index is 3.82. The number of allylic oxidation sites excluding steroid dienone is 2. The molecule has 0 aromatic carbocycles. The second kappa shape index (κ2) is 5.18. The maximum absolute atomic E-state index is 3.82. The Kier molecular flexibility index (Phi) is 4.13. The van der Waals surface area contributed by atoms with Crippen molar-refractivity contribution in [3.05, 3.63) is 25.3 Å². The summed E-state index contributed by atoms with van der Waals surface area (Å²) in [7, 11) is 0. The Bertz CT molecular complexity index is 130. The number of hydrogen-bond acceptors (Lipinski definition) is 0. The van der Waals surface area contributed by atoms with E-state index in [0.29, 0.717) is 0 Å². The van der Waals surface area contributed by atoms with Gasteiger partial charge in [0.15, 0.2) is 0 Å². The van der Waals surface area contributed by atoms with E-state index in [1.807, 2.05) is 0 Å². The highest BCUT2D eigenvalue weighted by Crippen LogP contribution is 2.35. The van der Waals surface area contributed by atoms with Crippen LogP contribution < -0.4 is 0 Å². The molecule has 1 fully saturated rings. The highest BCUT2D eigenvalue weighted by Gasteiger charge is 2.22. The van der Waals surface area contributed by atoms with Crippen molar-refractivity contribution in [3.63, 3.8) is 0 Å². The first kappa shape index (κ1) is 9.57. The summed E-state index contributed by atoms with van der Waals surface area (Å²) in [6.07, 6.45) is 12.2. The quantitative estimate of drug-likeness (QED) is 0.540. The third-order valence-corrected chi connectivity index (χ3v) is 3.01. The molecule has 0 radical (unpaired) electrons. The van der Waals surface area contributed by atoms with Crippen molar-refractivity contribution in [2.75, 3.05) is 0 Å². The predicted molar refractivity (Wildman–Crippen MR) is 55.1 cm³/mol. The first-order chi connectivity index (χ1) is 5.88. The molecule has 0 bridgehead atoms. The largest absolute Gasteiger partial charge is 0.103 e. The topological polar surface area (TPSA) is 0 Å². The molecule has 0 aromatic rings. The van der Waals surface area contributed by atoms with Crippen molar-refractivity contribution in [2.24, 2.45) is 11.8 Å². The van der Waals surface area contributed by atoms with Crippen LogP contribution in [-0.4, -0.2) is 0 Å². The summed E-state index contributed by atoms with van der Waals surface area (Å²) < 4.78 is 0. The fraction of sp³-hybridized carbons (Fsp3) is 0.667. The van der Waals surface area contributed by atoms with Gasteiger partial charge in [-0.1, -0.05) is 37.8 Å². The number of hydrogen-bond donors (Lipinski definition) is 0. The van der Waals surface area contributed by atoms with Crippen molar-refractivity contribution < 1.29 is 0 Å². The van der Waals surface area contributed by atoms with E-state index < -0.39 is 0 Å². The van der Waals surface area contributed by atoms with Crippen molar-refractivity contribution in [2.45, 2.75) is 38.5 Å². The van der Waals surface area contributed by atoms with Gasteiger partial charge in [0, 0.05) is 0 Å². The number of rotatable bonds is 5. The lowest BCUT2D eigenvalue weighted by atomic mass is 9.86. The molecule has 1 aliphatic rings. The molecule has 68 valence electrons. The van der Waals surface area contributed by atoms with Gasteiger partial charge in [-0.25, -0.2) is 0 Å². The van der Waals surface area contributed by atoms with Gasteiger partial charge < -0.3 is 0 Å². The Morgan fingerprint density at radius 3 is 2.00 bits per heavy atom.